The number of aliphatic hydroxyl groups is 1. The zero-order valence-corrected chi connectivity index (χ0v) is 8.87. The van der Waals surface area contributed by atoms with E-state index in [4.69, 9.17) is 12.2 Å². The fraction of sp³-hybridized carbons (Fsp3) is 0.700. The molecule has 0 fully saturated rings. The molecule has 0 bridgehead atoms. The maximum absolute atomic E-state index is 11.4. The summed E-state index contributed by atoms with van der Waals surface area (Å²) >= 11 is 0. The lowest BCUT2D eigenvalue weighted by Gasteiger charge is -2.30. The standard InChI is InChI=1S/C10H18N2O2/c1-5-6-8(11)9(14)12-10(3,4)7(2)13/h1,7-8,13H,6,11H2,2-4H3,(H,12,14). The Hall–Kier alpha value is -1.05. The van der Waals surface area contributed by atoms with E-state index in [2.05, 4.69) is 11.2 Å². The Morgan fingerprint density at radius 2 is 2.21 bits per heavy atom. The molecule has 0 aliphatic carbocycles. The number of carbonyl (C=O) groups excluding carboxylic acids is 1. The lowest BCUT2D eigenvalue weighted by molar-refractivity contribution is -0.125. The van der Waals surface area contributed by atoms with Crippen LogP contribution in [-0.4, -0.2) is 28.7 Å². The summed E-state index contributed by atoms with van der Waals surface area (Å²) in [5, 5.41) is 12.0. The van der Waals surface area contributed by atoms with Crippen molar-refractivity contribution in [3.8, 4) is 12.3 Å². The highest BCUT2D eigenvalue weighted by molar-refractivity contribution is 5.82. The molecule has 0 saturated carbocycles. The van der Waals surface area contributed by atoms with Crippen molar-refractivity contribution in [2.45, 2.75) is 44.9 Å². The minimum Gasteiger partial charge on any atom is -0.391 e. The number of hydrogen-bond acceptors (Lipinski definition) is 3. The Bertz CT molecular complexity index is 241. The summed E-state index contributed by atoms with van der Waals surface area (Å²) in [6, 6.07) is -0.710. The molecule has 0 spiro atoms. The van der Waals surface area contributed by atoms with Crippen LogP contribution in [0, 0.1) is 12.3 Å². The van der Waals surface area contributed by atoms with E-state index in [1.807, 2.05) is 0 Å². The molecule has 0 aliphatic rings. The topological polar surface area (TPSA) is 75.4 Å². The van der Waals surface area contributed by atoms with E-state index in [9.17, 15) is 9.90 Å². The predicted molar refractivity (Wildman–Crippen MR) is 55.3 cm³/mol. The van der Waals surface area contributed by atoms with Gasteiger partial charge in [-0.3, -0.25) is 4.79 Å². The average Bonchev–Trinajstić information content (AvgIpc) is 2.03. The van der Waals surface area contributed by atoms with Crippen molar-refractivity contribution >= 4 is 5.91 Å². The average molecular weight is 198 g/mol. The van der Waals surface area contributed by atoms with Crippen LogP contribution < -0.4 is 11.1 Å². The van der Waals surface area contributed by atoms with Crippen LogP contribution in [-0.2, 0) is 4.79 Å². The van der Waals surface area contributed by atoms with Crippen LogP contribution in [0.5, 0.6) is 0 Å². The highest BCUT2D eigenvalue weighted by Gasteiger charge is 2.27. The van der Waals surface area contributed by atoms with Gasteiger partial charge in [0.1, 0.15) is 0 Å². The third-order valence-corrected chi connectivity index (χ3v) is 2.16. The first-order valence-electron chi connectivity index (χ1n) is 4.50. The zero-order valence-electron chi connectivity index (χ0n) is 8.87. The number of carbonyl (C=O) groups is 1. The lowest BCUT2D eigenvalue weighted by atomic mass is 9.98. The van der Waals surface area contributed by atoms with Crippen molar-refractivity contribution in [1.29, 1.82) is 0 Å². The molecule has 80 valence electrons. The van der Waals surface area contributed by atoms with Gasteiger partial charge in [-0.25, -0.2) is 0 Å². The minimum atomic E-state index is -0.710. The summed E-state index contributed by atoms with van der Waals surface area (Å²) in [6.45, 7) is 5.04. The number of amides is 1. The van der Waals surface area contributed by atoms with Gasteiger partial charge in [0.2, 0.25) is 5.91 Å². The lowest BCUT2D eigenvalue weighted by Crippen LogP contribution is -2.55. The van der Waals surface area contributed by atoms with Crippen LogP contribution in [0.2, 0.25) is 0 Å². The predicted octanol–water partition coefficient (Wildman–Crippen LogP) is -0.387. The summed E-state index contributed by atoms with van der Waals surface area (Å²) in [7, 11) is 0. The summed E-state index contributed by atoms with van der Waals surface area (Å²) < 4.78 is 0. The molecule has 0 aromatic carbocycles. The molecule has 0 saturated heterocycles. The van der Waals surface area contributed by atoms with Gasteiger partial charge in [0.15, 0.2) is 0 Å². The second-order valence-electron chi connectivity index (χ2n) is 3.90. The van der Waals surface area contributed by atoms with Gasteiger partial charge >= 0.3 is 0 Å². The van der Waals surface area contributed by atoms with Crippen LogP contribution in [0.25, 0.3) is 0 Å². The van der Waals surface area contributed by atoms with Gasteiger partial charge in [-0.15, -0.1) is 12.3 Å². The van der Waals surface area contributed by atoms with Gasteiger partial charge in [0, 0.05) is 6.42 Å². The van der Waals surface area contributed by atoms with Gasteiger partial charge < -0.3 is 16.2 Å². The van der Waals surface area contributed by atoms with E-state index >= 15 is 0 Å². The first-order valence-corrected chi connectivity index (χ1v) is 4.50. The third-order valence-electron chi connectivity index (χ3n) is 2.16. The Morgan fingerprint density at radius 1 is 1.71 bits per heavy atom. The van der Waals surface area contributed by atoms with Gasteiger partial charge in [-0.2, -0.15) is 0 Å². The molecule has 2 unspecified atom stereocenters. The summed E-state index contributed by atoms with van der Waals surface area (Å²) in [6.07, 6.45) is 4.58. The van der Waals surface area contributed by atoms with Crippen molar-refractivity contribution in [1.82, 2.24) is 5.32 Å². The molecule has 0 heterocycles. The highest BCUT2D eigenvalue weighted by atomic mass is 16.3. The van der Waals surface area contributed by atoms with Crippen molar-refractivity contribution in [2.24, 2.45) is 5.73 Å². The molecule has 0 aromatic heterocycles. The molecular formula is C10H18N2O2. The van der Waals surface area contributed by atoms with E-state index in [0.717, 1.165) is 0 Å². The molecular weight excluding hydrogens is 180 g/mol. The molecule has 0 aromatic rings. The molecule has 0 aliphatic heterocycles. The number of aliphatic hydroxyl groups excluding tert-OH is 1. The molecule has 2 atom stereocenters. The second-order valence-corrected chi connectivity index (χ2v) is 3.90. The first-order chi connectivity index (χ1) is 6.31. The maximum Gasteiger partial charge on any atom is 0.238 e. The Morgan fingerprint density at radius 3 is 2.57 bits per heavy atom. The number of rotatable bonds is 4. The molecule has 0 radical (unpaired) electrons. The second kappa shape index (κ2) is 4.99. The van der Waals surface area contributed by atoms with E-state index in [-0.39, 0.29) is 12.3 Å². The van der Waals surface area contributed by atoms with Gasteiger partial charge in [0.05, 0.1) is 17.7 Å². The summed E-state index contributed by atoms with van der Waals surface area (Å²) in [4.78, 5) is 11.4. The number of hydrogen-bond donors (Lipinski definition) is 3. The largest absolute Gasteiger partial charge is 0.391 e. The Labute approximate surface area is 84.9 Å². The Balaban J connectivity index is 4.26. The van der Waals surface area contributed by atoms with Gasteiger partial charge in [0.25, 0.3) is 0 Å². The van der Waals surface area contributed by atoms with E-state index in [1.54, 1.807) is 20.8 Å². The summed E-state index contributed by atoms with van der Waals surface area (Å²) in [5.41, 5.74) is 4.81. The van der Waals surface area contributed by atoms with Crippen LogP contribution in [0.4, 0.5) is 0 Å². The number of nitrogens with one attached hydrogen (secondary N) is 1. The summed E-state index contributed by atoms with van der Waals surface area (Å²) in [5.74, 6) is 1.98. The molecule has 4 heteroatoms. The van der Waals surface area contributed by atoms with Crippen LogP contribution in [0.1, 0.15) is 27.2 Å². The highest BCUT2D eigenvalue weighted by Crippen LogP contribution is 2.08. The first kappa shape index (κ1) is 12.9. The zero-order chi connectivity index (χ0) is 11.4. The van der Waals surface area contributed by atoms with Crippen LogP contribution in [0.15, 0.2) is 0 Å². The van der Waals surface area contributed by atoms with Crippen LogP contribution in [0.3, 0.4) is 0 Å². The Kier molecular flexibility index (Phi) is 4.61. The van der Waals surface area contributed by atoms with Gasteiger partial charge in [-0.1, -0.05) is 0 Å². The van der Waals surface area contributed by atoms with Crippen molar-refractivity contribution < 1.29 is 9.90 Å². The molecule has 0 rings (SSSR count). The molecule has 1 amide bonds. The SMILES string of the molecule is C#CCC(N)C(=O)NC(C)(C)C(C)O. The normalized spacial score (nSPS) is 15.4. The van der Waals surface area contributed by atoms with E-state index in [1.165, 1.54) is 0 Å². The maximum atomic E-state index is 11.4. The van der Waals surface area contributed by atoms with E-state index < -0.39 is 17.7 Å². The number of terminal acetylenes is 1. The van der Waals surface area contributed by atoms with E-state index in [0.29, 0.717) is 0 Å². The fourth-order valence-electron chi connectivity index (χ4n) is 0.734. The minimum absolute atomic E-state index is 0.196. The van der Waals surface area contributed by atoms with Gasteiger partial charge in [-0.05, 0) is 20.8 Å². The van der Waals surface area contributed by atoms with Crippen molar-refractivity contribution in [3.05, 3.63) is 0 Å². The quantitative estimate of drug-likeness (QED) is 0.539. The third kappa shape index (κ3) is 3.77. The molecule has 4 N–H and O–H groups in total. The monoisotopic (exact) mass is 198 g/mol. The molecule has 4 nitrogen and oxygen atoms in total. The smallest absolute Gasteiger partial charge is 0.238 e. The number of nitrogens with two attached hydrogens (primary N) is 1. The fourth-order valence-corrected chi connectivity index (χ4v) is 0.734. The van der Waals surface area contributed by atoms with Crippen molar-refractivity contribution in [2.75, 3.05) is 0 Å². The van der Waals surface area contributed by atoms with Crippen LogP contribution >= 0.6 is 0 Å². The molecule has 14 heavy (non-hydrogen) atoms. The van der Waals surface area contributed by atoms with Crippen molar-refractivity contribution in [3.63, 3.8) is 0 Å².